The Morgan fingerprint density at radius 1 is 0.581 bits per heavy atom. The van der Waals surface area contributed by atoms with Crippen molar-refractivity contribution in [1.29, 1.82) is 0 Å². The van der Waals surface area contributed by atoms with Gasteiger partial charge < -0.3 is 10.6 Å². The van der Waals surface area contributed by atoms with Crippen molar-refractivity contribution in [1.82, 2.24) is 9.97 Å². The summed E-state index contributed by atoms with van der Waals surface area (Å²) in [5.74, 6) is -0.0287. The van der Waals surface area contributed by atoms with Crippen LogP contribution in [0.3, 0.4) is 0 Å². The largest absolute Gasteiger partial charge is 0.337 e. The number of nitrogens with zero attached hydrogens (tertiary/aromatic N) is 2. The summed E-state index contributed by atoms with van der Waals surface area (Å²) in [4.78, 5) is 32.2. The first kappa shape index (κ1) is 32.1. The molecule has 1 radical (unpaired) electrons. The van der Waals surface area contributed by atoms with Crippen molar-refractivity contribution in [2.24, 2.45) is 0 Å². The third-order valence-corrected chi connectivity index (χ3v) is 7.88. The van der Waals surface area contributed by atoms with Crippen molar-refractivity contribution in [3.05, 3.63) is 141 Å². The number of anilines is 2. The first-order valence-electron chi connectivity index (χ1n) is 12.6. The maximum atomic E-state index is 11.6. The van der Waals surface area contributed by atoms with E-state index in [4.69, 9.17) is 23.2 Å². The molecule has 2 aliphatic rings. The minimum Gasteiger partial charge on any atom is -0.337 e. The molecule has 6 rings (SSSR count). The number of allylic oxidation sites excluding steroid dienone is 10. The third-order valence-electron chi connectivity index (χ3n) is 5.83. The predicted molar refractivity (Wildman–Crippen MR) is 175 cm³/mol. The SMILES string of the molecule is O=C1C=CC=CC1=CNc1nc(-c2ccc(Cl)cc2)cs1.O=C1C=CC=CC1=CNc1nc(-c2ccc(Cl)cc2)cs1.[Cu]. The summed E-state index contributed by atoms with van der Waals surface area (Å²) in [6.45, 7) is 0. The maximum absolute atomic E-state index is 11.6. The molecule has 2 aromatic carbocycles. The maximum Gasteiger partial charge on any atom is 0.187 e. The van der Waals surface area contributed by atoms with Crippen LogP contribution in [0, 0.1) is 0 Å². The number of rotatable bonds is 6. The Morgan fingerprint density at radius 2 is 0.953 bits per heavy atom. The summed E-state index contributed by atoms with van der Waals surface area (Å²) < 4.78 is 0. The Morgan fingerprint density at radius 3 is 1.33 bits per heavy atom. The zero-order valence-corrected chi connectivity index (χ0v) is 26.2. The van der Waals surface area contributed by atoms with Crippen LogP contribution in [0.25, 0.3) is 22.5 Å². The number of thiazole rings is 2. The van der Waals surface area contributed by atoms with Crippen molar-refractivity contribution in [3.63, 3.8) is 0 Å². The molecule has 2 aromatic heterocycles. The molecule has 0 saturated carbocycles. The molecule has 6 nitrogen and oxygen atoms in total. The number of nitrogens with one attached hydrogen (secondary N) is 2. The standard InChI is InChI=1S/2C16H11ClN2OS.Cu/c2*17-13-7-5-11(6-8-13)14-10-21-16(19-14)18-9-12-3-1-2-4-15(12)20;/h2*1-10H,(H,18,19);. The molecule has 0 saturated heterocycles. The van der Waals surface area contributed by atoms with E-state index in [1.54, 1.807) is 36.7 Å². The molecular formula is C32H22Cl2CuN4O2S2. The number of ketones is 2. The van der Waals surface area contributed by atoms with Crippen LogP contribution in [0.4, 0.5) is 10.3 Å². The molecule has 0 fully saturated rings. The van der Waals surface area contributed by atoms with Gasteiger partial charge in [0.05, 0.1) is 11.4 Å². The van der Waals surface area contributed by atoms with Gasteiger partial charge in [-0.05, 0) is 48.6 Å². The first-order valence-corrected chi connectivity index (χ1v) is 15.1. The van der Waals surface area contributed by atoms with E-state index in [0.29, 0.717) is 21.2 Å². The van der Waals surface area contributed by atoms with Gasteiger partial charge in [0.2, 0.25) is 0 Å². The van der Waals surface area contributed by atoms with E-state index in [-0.39, 0.29) is 28.6 Å². The van der Waals surface area contributed by atoms with E-state index in [1.165, 1.54) is 34.8 Å². The van der Waals surface area contributed by atoms with E-state index in [2.05, 4.69) is 20.6 Å². The molecule has 0 atom stereocenters. The topological polar surface area (TPSA) is 84.0 Å². The molecule has 43 heavy (non-hydrogen) atoms. The van der Waals surface area contributed by atoms with Gasteiger partial charge in [-0.1, -0.05) is 71.8 Å². The summed E-state index contributed by atoms with van der Waals surface area (Å²) in [5.41, 5.74) is 4.99. The average Bonchev–Trinajstić information content (AvgIpc) is 3.68. The number of aromatic nitrogens is 2. The van der Waals surface area contributed by atoms with Gasteiger partial charge in [-0.3, -0.25) is 9.59 Å². The number of hydrogen-bond acceptors (Lipinski definition) is 8. The molecule has 2 aliphatic carbocycles. The second-order valence-corrected chi connectivity index (χ2v) is 11.3. The van der Waals surface area contributed by atoms with Crippen LogP contribution >= 0.6 is 45.9 Å². The van der Waals surface area contributed by atoms with Crippen molar-refractivity contribution in [2.75, 3.05) is 10.6 Å². The number of hydrogen-bond donors (Lipinski definition) is 2. The van der Waals surface area contributed by atoms with E-state index in [1.807, 2.05) is 71.4 Å². The van der Waals surface area contributed by atoms with E-state index in [9.17, 15) is 9.59 Å². The molecule has 2 heterocycles. The molecule has 2 N–H and O–H groups in total. The normalized spacial score (nSPS) is 15.3. The van der Waals surface area contributed by atoms with Crippen LogP contribution < -0.4 is 10.6 Å². The van der Waals surface area contributed by atoms with Gasteiger partial charge in [0.15, 0.2) is 21.8 Å². The Balaban J connectivity index is 0.000000192. The second kappa shape index (κ2) is 15.6. The quantitative estimate of drug-likeness (QED) is 0.155. The average molecular weight is 693 g/mol. The zero-order valence-electron chi connectivity index (χ0n) is 22.1. The van der Waals surface area contributed by atoms with Crippen molar-refractivity contribution in [3.8, 4) is 22.5 Å². The molecule has 4 aromatic rings. The Labute approximate surface area is 277 Å². The van der Waals surface area contributed by atoms with Crippen LogP contribution in [-0.2, 0) is 26.7 Å². The van der Waals surface area contributed by atoms with Gasteiger partial charge in [-0.2, -0.15) is 0 Å². The molecule has 219 valence electrons. The van der Waals surface area contributed by atoms with E-state index >= 15 is 0 Å². The summed E-state index contributed by atoms with van der Waals surface area (Å²) in [6, 6.07) is 15.1. The monoisotopic (exact) mass is 691 g/mol. The molecule has 0 unspecified atom stereocenters. The van der Waals surface area contributed by atoms with Gasteiger partial charge in [-0.15, -0.1) is 22.7 Å². The van der Waals surface area contributed by atoms with Crippen LogP contribution in [0.15, 0.2) is 131 Å². The molecule has 0 bridgehead atoms. The van der Waals surface area contributed by atoms with Gasteiger partial charge in [0.25, 0.3) is 0 Å². The zero-order chi connectivity index (χ0) is 29.3. The van der Waals surface area contributed by atoms with Crippen LogP contribution in [0.1, 0.15) is 0 Å². The minimum atomic E-state index is -0.0144. The molecule has 0 amide bonds. The van der Waals surface area contributed by atoms with E-state index in [0.717, 1.165) is 32.8 Å². The summed E-state index contributed by atoms with van der Waals surface area (Å²) in [7, 11) is 0. The first-order chi connectivity index (χ1) is 20.4. The summed E-state index contributed by atoms with van der Waals surface area (Å²) in [6.07, 6.45) is 17.1. The number of benzene rings is 2. The second-order valence-electron chi connectivity index (χ2n) is 8.74. The summed E-state index contributed by atoms with van der Waals surface area (Å²) >= 11 is 14.7. The molecule has 0 aliphatic heterocycles. The number of carbonyl (C=O) groups excluding carboxylic acids is 2. The van der Waals surface area contributed by atoms with Crippen LogP contribution in [0.2, 0.25) is 10.0 Å². The van der Waals surface area contributed by atoms with Gasteiger partial charge >= 0.3 is 0 Å². The third kappa shape index (κ3) is 9.08. The smallest absolute Gasteiger partial charge is 0.187 e. The van der Waals surface area contributed by atoms with Gasteiger partial charge in [0.1, 0.15) is 0 Å². The van der Waals surface area contributed by atoms with Crippen molar-refractivity contribution < 1.29 is 26.7 Å². The van der Waals surface area contributed by atoms with Gasteiger partial charge in [-0.25, -0.2) is 9.97 Å². The fourth-order valence-corrected chi connectivity index (χ4v) is 5.30. The fourth-order valence-electron chi connectivity index (χ4n) is 3.67. The van der Waals surface area contributed by atoms with E-state index < -0.39 is 0 Å². The Bertz CT molecular complexity index is 1650. The number of carbonyl (C=O) groups is 2. The molecular weight excluding hydrogens is 671 g/mol. The number of halogens is 2. The minimum absolute atomic E-state index is 0. The van der Waals surface area contributed by atoms with Gasteiger partial charge in [0, 0.05) is 72.5 Å². The van der Waals surface area contributed by atoms with Crippen LogP contribution in [0.5, 0.6) is 0 Å². The fraction of sp³-hybridized carbons (Fsp3) is 0. The predicted octanol–water partition coefficient (Wildman–Crippen LogP) is 8.91. The van der Waals surface area contributed by atoms with Crippen molar-refractivity contribution in [2.45, 2.75) is 0 Å². The summed E-state index contributed by atoms with van der Waals surface area (Å²) in [5, 5.41) is 12.9. The van der Waals surface area contributed by atoms with Crippen molar-refractivity contribution >= 4 is 67.7 Å². The van der Waals surface area contributed by atoms with Crippen LogP contribution in [-0.4, -0.2) is 21.5 Å². The Kier molecular flexibility index (Phi) is 11.6. The molecule has 11 heteroatoms. The molecule has 0 spiro atoms. The Hall–Kier alpha value is -3.82.